The molecule has 1 aromatic rings. The molecule has 1 unspecified atom stereocenters. The molecule has 0 radical (unpaired) electrons. The highest BCUT2D eigenvalue weighted by Gasteiger charge is 2.13. The number of nitrogens with zero attached hydrogens (tertiary/aromatic N) is 1. The first-order valence-electron chi connectivity index (χ1n) is 5.33. The van der Waals surface area contributed by atoms with Gasteiger partial charge in [0.15, 0.2) is 0 Å². The molecule has 0 amide bonds. The molecule has 4 heteroatoms. The van der Waals surface area contributed by atoms with E-state index in [0.29, 0.717) is 6.04 Å². The van der Waals surface area contributed by atoms with Crippen LogP contribution in [0.5, 0.6) is 0 Å². The maximum absolute atomic E-state index is 4.35. The average Bonchev–Trinajstić information content (AvgIpc) is 2.29. The van der Waals surface area contributed by atoms with Crippen LogP contribution in [0.1, 0.15) is 19.3 Å². The standard InChI is InChI=1S/C11H15BrN2S/c12-10-5-3-7-14-11(10)15-8-9-4-1-2-6-13-9/h3,5,7,9,13H,1-2,4,6,8H2. The second-order valence-electron chi connectivity index (χ2n) is 3.75. The average molecular weight is 287 g/mol. The summed E-state index contributed by atoms with van der Waals surface area (Å²) in [5.41, 5.74) is 0. The number of aromatic nitrogens is 1. The zero-order chi connectivity index (χ0) is 10.5. The van der Waals surface area contributed by atoms with E-state index in [9.17, 15) is 0 Å². The highest BCUT2D eigenvalue weighted by Crippen LogP contribution is 2.26. The Morgan fingerprint density at radius 1 is 1.53 bits per heavy atom. The molecule has 2 nitrogen and oxygen atoms in total. The SMILES string of the molecule is Brc1cccnc1SCC1CCCCN1. The lowest BCUT2D eigenvalue weighted by molar-refractivity contribution is 0.430. The van der Waals surface area contributed by atoms with E-state index in [1.807, 2.05) is 30.1 Å². The van der Waals surface area contributed by atoms with Gasteiger partial charge in [-0.05, 0) is 47.4 Å². The molecular weight excluding hydrogens is 272 g/mol. The van der Waals surface area contributed by atoms with Crippen molar-refractivity contribution in [2.45, 2.75) is 30.3 Å². The van der Waals surface area contributed by atoms with Gasteiger partial charge in [-0.15, -0.1) is 11.8 Å². The summed E-state index contributed by atoms with van der Waals surface area (Å²) in [5, 5.41) is 4.65. The van der Waals surface area contributed by atoms with E-state index in [2.05, 4.69) is 26.2 Å². The Kier molecular flexibility index (Phi) is 4.47. The molecule has 82 valence electrons. The van der Waals surface area contributed by atoms with Crippen molar-refractivity contribution in [3.05, 3.63) is 22.8 Å². The molecule has 0 bridgehead atoms. The second-order valence-corrected chi connectivity index (χ2v) is 5.61. The van der Waals surface area contributed by atoms with E-state index in [1.54, 1.807) is 0 Å². The molecule has 1 N–H and O–H groups in total. The fourth-order valence-electron chi connectivity index (χ4n) is 1.72. The Morgan fingerprint density at radius 2 is 2.47 bits per heavy atom. The molecule has 0 aromatic carbocycles. The number of hydrogen-bond donors (Lipinski definition) is 1. The molecule has 15 heavy (non-hydrogen) atoms. The third-order valence-corrected chi connectivity index (χ3v) is 4.63. The minimum absolute atomic E-state index is 0.664. The molecule has 1 atom stereocenters. The minimum atomic E-state index is 0.664. The van der Waals surface area contributed by atoms with Crippen LogP contribution in [-0.2, 0) is 0 Å². The van der Waals surface area contributed by atoms with Gasteiger partial charge in [-0.25, -0.2) is 4.98 Å². The lowest BCUT2D eigenvalue weighted by Crippen LogP contribution is -2.35. The fourth-order valence-corrected chi connectivity index (χ4v) is 3.31. The van der Waals surface area contributed by atoms with Crippen LogP contribution in [0, 0.1) is 0 Å². The lowest BCUT2D eigenvalue weighted by Gasteiger charge is -2.22. The van der Waals surface area contributed by atoms with Crippen LogP contribution in [0.25, 0.3) is 0 Å². The third kappa shape index (κ3) is 3.47. The first kappa shape index (κ1) is 11.4. The van der Waals surface area contributed by atoms with Crippen molar-refractivity contribution in [1.82, 2.24) is 10.3 Å². The molecule has 0 spiro atoms. The smallest absolute Gasteiger partial charge is 0.110 e. The maximum Gasteiger partial charge on any atom is 0.110 e. The number of thioether (sulfide) groups is 1. The largest absolute Gasteiger partial charge is 0.313 e. The van der Waals surface area contributed by atoms with Crippen molar-refractivity contribution in [1.29, 1.82) is 0 Å². The zero-order valence-corrected chi connectivity index (χ0v) is 11.0. The maximum atomic E-state index is 4.35. The Hall–Kier alpha value is -0.0600. The van der Waals surface area contributed by atoms with E-state index >= 15 is 0 Å². The monoisotopic (exact) mass is 286 g/mol. The number of pyridine rings is 1. The number of nitrogens with one attached hydrogen (secondary N) is 1. The summed E-state index contributed by atoms with van der Waals surface area (Å²) in [6.45, 7) is 1.18. The van der Waals surface area contributed by atoms with Crippen LogP contribution < -0.4 is 5.32 Å². The molecular formula is C11H15BrN2S. The molecule has 1 aliphatic rings. The van der Waals surface area contributed by atoms with Gasteiger partial charge >= 0.3 is 0 Å². The van der Waals surface area contributed by atoms with Gasteiger partial charge in [0.2, 0.25) is 0 Å². The lowest BCUT2D eigenvalue weighted by atomic mass is 10.1. The number of rotatable bonds is 3. The van der Waals surface area contributed by atoms with Gasteiger partial charge in [-0.2, -0.15) is 0 Å². The first-order chi connectivity index (χ1) is 7.36. The van der Waals surface area contributed by atoms with Crippen molar-refractivity contribution in [3.8, 4) is 0 Å². The predicted octanol–water partition coefficient (Wildman–Crippen LogP) is 3.08. The summed E-state index contributed by atoms with van der Waals surface area (Å²) in [5.74, 6) is 1.12. The van der Waals surface area contributed by atoms with Crippen LogP contribution in [0.15, 0.2) is 27.8 Å². The Morgan fingerprint density at radius 3 is 3.20 bits per heavy atom. The van der Waals surface area contributed by atoms with Crippen molar-refractivity contribution < 1.29 is 0 Å². The quantitative estimate of drug-likeness (QED) is 0.865. The predicted molar refractivity (Wildman–Crippen MR) is 68.3 cm³/mol. The van der Waals surface area contributed by atoms with Crippen molar-refractivity contribution in [3.63, 3.8) is 0 Å². The van der Waals surface area contributed by atoms with Gasteiger partial charge in [-0.3, -0.25) is 0 Å². The van der Waals surface area contributed by atoms with E-state index < -0.39 is 0 Å². The highest BCUT2D eigenvalue weighted by molar-refractivity contribution is 9.10. The van der Waals surface area contributed by atoms with Gasteiger partial charge < -0.3 is 5.32 Å². The van der Waals surface area contributed by atoms with E-state index in [1.165, 1.54) is 25.8 Å². The van der Waals surface area contributed by atoms with Crippen LogP contribution >= 0.6 is 27.7 Å². The van der Waals surface area contributed by atoms with E-state index in [0.717, 1.165) is 15.3 Å². The first-order valence-corrected chi connectivity index (χ1v) is 7.11. The topological polar surface area (TPSA) is 24.9 Å². The van der Waals surface area contributed by atoms with Crippen molar-refractivity contribution in [2.24, 2.45) is 0 Å². The normalized spacial score (nSPS) is 21.5. The molecule has 1 saturated heterocycles. The summed E-state index contributed by atoms with van der Waals surface area (Å²) < 4.78 is 1.10. The van der Waals surface area contributed by atoms with Gasteiger partial charge in [0.05, 0.1) is 0 Å². The molecule has 1 aromatic heterocycles. The second kappa shape index (κ2) is 5.87. The van der Waals surface area contributed by atoms with Gasteiger partial charge in [-0.1, -0.05) is 6.42 Å². The summed E-state index contributed by atoms with van der Waals surface area (Å²) in [7, 11) is 0. The van der Waals surface area contributed by atoms with Crippen LogP contribution in [0.4, 0.5) is 0 Å². The molecule has 1 aliphatic heterocycles. The Labute approximate surface area is 103 Å². The summed E-state index contributed by atoms with van der Waals surface area (Å²) in [6, 6.07) is 4.66. The summed E-state index contributed by atoms with van der Waals surface area (Å²) >= 11 is 5.35. The summed E-state index contributed by atoms with van der Waals surface area (Å²) in [6.07, 6.45) is 5.84. The zero-order valence-electron chi connectivity index (χ0n) is 8.58. The molecule has 2 rings (SSSR count). The third-order valence-electron chi connectivity index (χ3n) is 2.56. The molecule has 0 aliphatic carbocycles. The minimum Gasteiger partial charge on any atom is -0.313 e. The number of hydrogen-bond acceptors (Lipinski definition) is 3. The van der Waals surface area contributed by atoms with Gasteiger partial charge in [0, 0.05) is 22.5 Å². The molecule has 0 saturated carbocycles. The van der Waals surface area contributed by atoms with Crippen molar-refractivity contribution in [2.75, 3.05) is 12.3 Å². The van der Waals surface area contributed by atoms with E-state index in [4.69, 9.17) is 0 Å². The number of halogens is 1. The fraction of sp³-hybridized carbons (Fsp3) is 0.545. The molecule has 2 heterocycles. The van der Waals surface area contributed by atoms with Crippen molar-refractivity contribution >= 4 is 27.7 Å². The van der Waals surface area contributed by atoms with Crippen LogP contribution in [0.3, 0.4) is 0 Å². The van der Waals surface area contributed by atoms with Gasteiger partial charge in [0.1, 0.15) is 5.03 Å². The Bertz CT molecular complexity index is 313. The van der Waals surface area contributed by atoms with Crippen LogP contribution in [0.2, 0.25) is 0 Å². The van der Waals surface area contributed by atoms with E-state index in [-0.39, 0.29) is 0 Å². The molecule has 1 fully saturated rings. The van der Waals surface area contributed by atoms with Crippen LogP contribution in [-0.4, -0.2) is 23.3 Å². The Balaban J connectivity index is 1.84. The highest BCUT2D eigenvalue weighted by atomic mass is 79.9. The number of piperidine rings is 1. The van der Waals surface area contributed by atoms with Gasteiger partial charge in [0.25, 0.3) is 0 Å². The summed E-state index contributed by atoms with van der Waals surface area (Å²) in [4.78, 5) is 4.35.